The zero-order valence-corrected chi connectivity index (χ0v) is 15.7. The molecule has 2 amide bonds. The van der Waals surface area contributed by atoms with E-state index in [9.17, 15) is 24.3 Å². The van der Waals surface area contributed by atoms with Crippen molar-refractivity contribution in [1.82, 2.24) is 5.32 Å². The summed E-state index contributed by atoms with van der Waals surface area (Å²) in [4.78, 5) is 46.3. The van der Waals surface area contributed by atoms with E-state index in [1.165, 1.54) is 18.6 Å². The molecule has 29 heavy (non-hydrogen) atoms. The first-order chi connectivity index (χ1) is 13.8. The summed E-state index contributed by atoms with van der Waals surface area (Å²) in [5, 5.41) is 22.9. The van der Waals surface area contributed by atoms with Gasteiger partial charge in [-0.3, -0.25) is 9.59 Å². The van der Waals surface area contributed by atoms with E-state index in [4.69, 9.17) is 14.3 Å². The van der Waals surface area contributed by atoms with Gasteiger partial charge in [0.25, 0.3) is 0 Å². The Labute approximate surface area is 167 Å². The zero-order chi connectivity index (χ0) is 21.0. The summed E-state index contributed by atoms with van der Waals surface area (Å²) in [7, 11) is 0. The van der Waals surface area contributed by atoms with Crippen LogP contribution in [0.25, 0.3) is 6.08 Å². The molecule has 10 nitrogen and oxygen atoms in total. The van der Waals surface area contributed by atoms with Gasteiger partial charge in [-0.05, 0) is 17.7 Å². The maximum atomic E-state index is 11.9. The van der Waals surface area contributed by atoms with Gasteiger partial charge in [-0.15, -0.1) is 11.3 Å². The molecule has 0 saturated carbocycles. The predicted molar refractivity (Wildman–Crippen MR) is 101 cm³/mol. The highest BCUT2D eigenvalue weighted by Crippen LogP contribution is 2.37. The number of amides is 2. The van der Waals surface area contributed by atoms with Crippen molar-refractivity contribution in [3.8, 4) is 0 Å². The number of nitrogens with one attached hydrogen (secondary N) is 2. The highest BCUT2D eigenvalue weighted by atomic mass is 32.1. The lowest BCUT2D eigenvalue weighted by Gasteiger charge is -2.23. The average Bonchev–Trinajstić information content (AvgIpc) is 3.31. The van der Waals surface area contributed by atoms with E-state index >= 15 is 0 Å². The number of carboxylic acids is 2. The maximum Gasteiger partial charge on any atom is 0.394 e. The highest BCUT2D eigenvalue weighted by Gasteiger charge is 2.31. The van der Waals surface area contributed by atoms with Crippen LogP contribution >= 0.6 is 11.3 Å². The molecule has 0 aliphatic carbocycles. The fourth-order valence-corrected chi connectivity index (χ4v) is 3.88. The monoisotopic (exact) mass is 420 g/mol. The molecular weight excluding hydrogens is 404 g/mol. The second-order valence-corrected chi connectivity index (χ2v) is 7.15. The van der Waals surface area contributed by atoms with Crippen molar-refractivity contribution in [1.29, 1.82) is 0 Å². The van der Waals surface area contributed by atoms with Crippen LogP contribution in [0.4, 0.5) is 5.00 Å². The van der Waals surface area contributed by atoms with Gasteiger partial charge >= 0.3 is 17.8 Å². The van der Waals surface area contributed by atoms with E-state index in [1.807, 2.05) is 0 Å². The lowest BCUT2D eigenvalue weighted by Crippen LogP contribution is -2.36. The van der Waals surface area contributed by atoms with Crippen molar-refractivity contribution >= 4 is 46.2 Å². The van der Waals surface area contributed by atoms with Gasteiger partial charge in [0, 0.05) is 29.5 Å². The molecule has 1 atom stereocenters. The van der Waals surface area contributed by atoms with E-state index in [0.29, 0.717) is 10.4 Å². The number of thiophene rings is 1. The van der Waals surface area contributed by atoms with Crippen molar-refractivity contribution in [3.05, 3.63) is 46.2 Å². The molecule has 2 aromatic heterocycles. The number of aliphatic carboxylic acids is 1. The van der Waals surface area contributed by atoms with Crippen molar-refractivity contribution in [2.45, 2.75) is 19.1 Å². The third-order valence-corrected chi connectivity index (χ3v) is 5.20. The van der Waals surface area contributed by atoms with Crippen molar-refractivity contribution < 1.29 is 38.5 Å². The number of anilines is 1. The number of carbonyl (C=O) groups is 4. The van der Waals surface area contributed by atoms with Crippen LogP contribution in [0.3, 0.4) is 0 Å². The number of ether oxygens (including phenoxy) is 1. The Hall–Kier alpha value is -3.44. The molecule has 4 N–H and O–H groups in total. The van der Waals surface area contributed by atoms with E-state index in [1.54, 1.807) is 12.1 Å². The average molecular weight is 420 g/mol. The van der Waals surface area contributed by atoms with E-state index in [0.717, 1.165) is 16.9 Å². The van der Waals surface area contributed by atoms with Crippen molar-refractivity contribution in [2.75, 3.05) is 11.9 Å². The molecule has 0 aromatic carbocycles. The van der Waals surface area contributed by atoms with Crippen LogP contribution in [-0.2, 0) is 32.1 Å². The van der Waals surface area contributed by atoms with Gasteiger partial charge in [-0.25, -0.2) is 9.59 Å². The number of carboxylic acid groups (broad SMARTS) is 2. The largest absolute Gasteiger partial charge is 0.478 e. The first-order valence-electron chi connectivity index (χ1n) is 8.37. The summed E-state index contributed by atoms with van der Waals surface area (Å²) in [6.45, 7) is 0.244. The molecule has 0 radical (unpaired) electrons. The SMILES string of the molecule is O=C(/C=C/c1ccoc1)NCC1Cc2c(sc(NC(=O)C(=O)O)c2C(=O)O)CO1. The predicted octanol–water partition coefficient (Wildman–Crippen LogP) is 1.33. The standard InChI is InChI=1S/C18H16N2O8S/c21-13(2-1-9-3-4-27-7-9)19-6-10-5-11-12(8-28-10)29-16(14(11)17(23)24)20-15(22)18(25)26/h1-4,7,10H,5-6,8H2,(H,19,21)(H,20,22)(H,23,24)(H,25,26)/b2-1+. The Kier molecular flexibility index (Phi) is 6.10. The lowest BCUT2D eigenvalue weighted by molar-refractivity contribution is -0.147. The minimum atomic E-state index is -1.71. The zero-order valence-electron chi connectivity index (χ0n) is 14.8. The number of hydrogen-bond donors (Lipinski definition) is 4. The van der Waals surface area contributed by atoms with Gasteiger partial charge in [0.1, 0.15) is 5.00 Å². The highest BCUT2D eigenvalue weighted by molar-refractivity contribution is 7.17. The van der Waals surface area contributed by atoms with Gasteiger partial charge < -0.3 is 30.0 Å². The Bertz CT molecular complexity index is 976. The molecule has 1 aliphatic rings. The summed E-state index contributed by atoms with van der Waals surface area (Å²) in [6.07, 6.45) is 5.62. The number of furan rings is 1. The first-order valence-corrected chi connectivity index (χ1v) is 9.18. The van der Waals surface area contributed by atoms with Gasteiger partial charge in [0.05, 0.1) is 30.8 Å². The molecule has 1 unspecified atom stereocenters. The quantitative estimate of drug-likeness (QED) is 0.403. The number of rotatable bonds is 6. The minimum absolute atomic E-state index is 0.0498. The number of aromatic carboxylic acids is 1. The fourth-order valence-electron chi connectivity index (χ4n) is 2.74. The van der Waals surface area contributed by atoms with E-state index in [2.05, 4.69) is 10.6 Å². The minimum Gasteiger partial charge on any atom is -0.478 e. The van der Waals surface area contributed by atoms with Crippen LogP contribution in [0, 0.1) is 0 Å². The Morgan fingerprint density at radius 1 is 1.28 bits per heavy atom. The molecule has 152 valence electrons. The summed E-state index contributed by atoms with van der Waals surface area (Å²) in [5.74, 6) is -4.66. The molecule has 0 spiro atoms. The molecular formula is C18H16N2O8S. The molecule has 2 aromatic rings. The lowest BCUT2D eigenvalue weighted by atomic mass is 10.0. The van der Waals surface area contributed by atoms with Gasteiger partial charge in [-0.1, -0.05) is 0 Å². The van der Waals surface area contributed by atoms with Crippen LogP contribution in [0.5, 0.6) is 0 Å². The third-order valence-electron chi connectivity index (χ3n) is 4.08. The van der Waals surface area contributed by atoms with Gasteiger partial charge in [-0.2, -0.15) is 0 Å². The number of carbonyl (C=O) groups excluding carboxylic acids is 2. The maximum absolute atomic E-state index is 11.9. The number of fused-ring (bicyclic) bond motifs is 1. The number of hydrogen-bond acceptors (Lipinski definition) is 7. The summed E-state index contributed by atoms with van der Waals surface area (Å²) >= 11 is 0.961. The third kappa shape index (κ3) is 4.89. The Morgan fingerprint density at radius 3 is 2.72 bits per heavy atom. The van der Waals surface area contributed by atoms with Crippen molar-refractivity contribution in [2.24, 2.45) is 0 Å². The summed E-state index contributed by atoms with van der Waals surface area (Å²) in [5.41, 5.74) is 1.04. The molecule has 3 heterocycles. The van der Waals surface area contributed by atoms with Gasteiger partial charge in [0.2, 0.25) is 5.91 Å². The van der Waals surface area contributed by atoms with E-state index < -0.39 is 23.9 Å². The molecule has 0 fully saturated rings. The van der Waals surface area contributed by atoms with Crippen LogP contribution in [0.2, 0.25) is 0 Å². The van der Waals surface area contributed by atoms with Crippen LogP contribution in [0.1, 0.15) is 26.4 Å². The van der Waals surface area contributed by atoms with Gasteiger partial charge in [0.15, 0.2) is 0 Å². The fraction of sp³-hybridized carbons (Fsp3) is 0.222. The first kappa shape index (κ1) is 20.3. The summed E-state index contributed by atoms with van der Waals surface area (Å²) in [6, 6.07) is 1.69. The van der Waals surface area contributed by atoms with Crippen LogP contribution in [0.15, 0.2) is 29.1 Å². The molecule has 3 rings (SSSR count). The topological polar surface area (TPSA) is 155 Å². The molecule has 11 heteroatoms. The Morgan fingerprint density at radius 2 is 2.07 bits per heavy atom. The molecule has 0 saturated heterocycles. The molecule has 0 bridgehead atoms. The van der Waals surface area contributed by atoms with Crippen LogP contribution in [-0.4, -0.2) is 46.6 Å². The van der Waals surface area contributed by atoms with E-state index in [-0.39, 0.29) is 36.0 Å². The van der Waals surface area contributed by atoms with Crippen molar-refractivity contribution in [3.63, 3.8) is 0 Å². The second-order valence-electron chi connectivity index (χ2n) is 6.04. The normalized spacial score (nSPS) is 15.7. The molecule has 1 aliphatic heterocycles. The smallest absolute Gasteiger partial charge is 0.394 e. The summed E-state index contributed by atoms with van der Waals surface area (Å²) < 4.78 is 10.5. The van der Waals surface area contributed by atoms with Crippen LogP contribution < -0.4 is 10.6 Å². The Balaban J connectivity index is 1.65. The second kappa shape index (κ2) is 8.71.